The molecule has 0 saturated heterocycles. The quantitative estimate of drug-likeness (QED) is 0.583. The molecule has 0 rings (SSSR count). The number of hydrogen-bond acceptors (Lipinski definition) is 4. The molecule has 6 heteroatoms. The van der Waals surface area contributed by atoms with E-state index < -0.39 is 29.1 Å². The summed E-state index contributed by atoms with van der Waals surface area (Å²) in [6.07, 6.45) is 0.513. The van der Waals surface area contributed by atoms with Gasteiger partial charge < -0.3 is 16.2 Å². The minimum Gasteiger partial charge on any atom is -0.481 e. The lowest BCUT2D eigenvalue weighted by molar-refractivity contribution is -0.147. The molecular weight excluding hydrogens is 272 g/mol. The highest BCUT2D eigenvalue weighted by atomic mass is 16.4. The van der Waals surface area contributed by atoms with Crippen LogP contribution in [0.2, 0.25) is 0 Å². The van der Waals surface area contributed by atoms with Crippen molar-refractivity contribution in [3.8, 4) is 0 Å². The van der Waals surface area contributed by atoms with Gasteiger partial charge in [0, 0.05) is 12.0 Å². The van der Waals surface area contributed by atoms with Crippen LogP contribution in [0.3, 0.4) is 0 Å². The van der Waals surface area contributed by atoms with E-state index in [1.165, 1.54) is 0 Å². The molecule has 4 N–H and O–H groups in total. The number of Topliss-reactive ketones (excluding diaryl/α,β-unsaturated/α-hetero) is 1. The molecule has 21 heavy (non-hydrogen) atoms. The summed E-state index contributed by atoms with van der Waals surface area (Å²) in [7, 11) is 0. The number of hydrogen-bond donors (Lipinski definition) is 3. The molecule has 1 amide bonds. The van der Waals surface area contributed by atoms with Crippen molar-refractivity contribution in [1.82, 2.24) is 5.32 Å². The molecule has 0 aromatic heterocycles. The van der Waals surface area contributed by atoms with Crippen LogP contribution in [0, 0.1) is 17.3 Å². The second-order valence-electron chi connectivity index (χ2n) is 6.82. The number of carbonyl (C=O) groups excluding carboxylic acids is 2. The zero-order valence-corrected chi connectivity index (χ0v) is 13.6. The highest BCUT2D eigenvalue weighted by Crippen LogP contribution is 2.14. The van der Waals surface area contributed by atoms with Crippen LogP contribution >= 0.6 is 0 Å². The number of nitrogens with two attached hydrogens (primary N) is 1. The summed E-state index contributed by atoms with van der Waals surface area (Å²) >= 11 is 0. The first kappa shape index (κ1) is 19.6. The molecule has 2 unspecified atom stereocenters. The third kappa shape index (κ3) is 7.22. The Morgan fingerprint density at radius 3 is 2.10 bits per heavy atom. The molecule has 0 radical (unpaired) electrons. The van der Waals surface area contributed by atoms with Gasteiger partial charge in [0.2, 0.25) is 5.91 Å². The number of aliphatic carboxylic acids is 1. The lowest BCUT2D eigenvalue weighted by Gasteiger charge is -2.20. The maximum atomic E-state index is 12.1. The Balaban J connectivity index is 4.55. The van der Waals surface area contributed by atoms with E-state index in [1.54, 1.807) is 20.8 Å². The molecule has 0 spiro atoms. The van der Waals surface area contributed by atoms with E-state index in [1.807, 2.05) is 13.8 Å². The van der Waals surface area contributed by atoms with Gasteiger partial charge in [0.1, 0.15) is 5.92 Å². The predicted molar refractivity (Wildman–Crippen MR) is 80.6 cm³/mol. The molecule has 122 valence electrons. The molecule has 0 aromatic carbocycles. The maximum Gasteiger partial charge on any atom is 0.314 e. The van der Waals surface area contributed by atoms with Gasteiger partial charge in [-0.25, -0.2) is 0 Å². The molecule has 0 aliphatic rings. The molecule has 0 fully saturated rings. The van der Waals surface area contributed by atoms with Crippen LogP contribution in [0.15, 0.2) is 0 Å². The van der Waals surface area contributed by atoms with Crippen molar-refractivity contribution in [3.05, 3.63) is 0 Å². The summed E-state index contributed by atoms with van der Waals surface area (Å²) in [5, 5.41) is 11.8. The van der Waals surface area contributed by atoms with E-state index in [2.05, 4.69) is 5.32 Å². The van der Waals surface area contributed by atoms with Crippen LogP contribution in [0.5, 0.6) is 0 Å². The fraction of sp³-hybridized carbons (Fsp3) is 0.800. The minimum atomic E-state index is -1.19. The SMILES string of the molecule is CC(C)CC(N)C(=O)C(CCNC(=O)C(C)(C)C)C(=O)O. The summed E-state index contributed by atoms with van der Waals surface area (Å²) < 4.78 is 0. The number of carboxylic acid groups (broad SMARTS) is 1. The van der Waals surface area contributed by atoms with Crippen LogP contribution in [-0.4, -0.2) is 35.4 Å². The molecule has 0 saturated carbocycles. The van der Waals surface area contributed by atoms with Crippen molar-refractivity contribution in [2.75, 3.05) is 6.54 Å². The van der Waals surface area contributed by atoms with Gasteiger partial charge in [0.15, 0.2) is 5.78 Å². The van der Waals surface area contributed by atoms with Gasteiger partial charge in [0.25, 0.3) is 0 Å². The molecule has 6 nitrogen and oxygen atoms in total. The number of rotatable bonds is 8. The van der Waals surface area contributed by atoms with E-state index in [-0.39, 0.29) is 24.8 Å². The molecule has 0 aliphatic heterocycles. The smallest absolute Gasteiger partial charge is 0.314 e. The Bertz CT molecular complexity index is 386. The third-order valence-corrected chi connectivity index (χ3v) is 3.13. The Labute approximate surface area is 126 Å². The summed E-state index contributed by atoms with van der Waals surface area (Å²) in [5.41, 5.74) is 5.21. The van der Waals surface area contributed by atoms with Crippen LogP contribution < -0.4 is 11.1 Å². The van der Waals surface area contributed by atoms with Crippen molar-refractivity contribution in [2.24, 2.45) is 23.0 Å². The monoisotopic (exact) mass is 300 g/mol. The van der Waals surface area contributed by atoms with E-state index in [4.69, 9.17) is 10.8 Å². The summed E-state index contributed by atoms with van der Waals surface area (Å²) in [6.45, 7) is 9.29. The zero-order valence-electron chi connectivity index (χ0n) is 13.6. The lowest BCUT2D eigenvalue weighted by atomic mass is 9.90. The molecule has 0 aliphatic carbocycles. The van der Waals surface area contributed by atoms with Gasteiger partial charge in [-0.15, -0.1) is 0 Å². The van der Waals surface area contributed by atoms with Crippen molar-refractivity contribution >= 4 is 17.7 Å². The van der Waals surface area contributed by atoms with E-state index in [9.17, 15) is 14.4 Å². The van der Waals surface area contributed by atoms with Gasteiger partial charge >= 0.3 is 5.97 Å². The van der Waals surface area contributed by atoms with Crippen LogP contribution in [0.25, 0.3) is 0 Å². The average Bonchev–Trinajstić information content (AvgIpc) is 2.30. The standard InChI is InChI=1S/C15H28N2O4/c1-9(2)8-11(16)12(18)10(13(19)20)6-7-17-14(21)15(3,4)5/h9-11H,6-8,16H2,1-5H3,(H,17,21)(H,19,20). The van der Waals surface area contributed by atoms with Crippen LogP contribution in [0.4, 0.5) is 0 Å². The Hall–Kier alpha value is -1.43. The Kier molecular flexibility index (Phi) is 7.57. The average molecular weight is 300 g/mol. The lowest BCUT2D eigenvalue weighted by Crippen LogP contribution is -2.42. The molecule has 0 heterocycles. The van der Waals surface area contributed by atoms with Crippen LogP contribution in [0.1, 0.15) is 47.5 Å². The highest BCUT2D eigenvalue weighted by molar-refractivity contribution is 6.01. The number of carboxylic acids is 1. The largest absolute Gasteiger partial charge is 0.481 e. The fourth-order valence-corrected chi connectivity index (χ4v) is 1.87. The highest BCUT2D eigenvalue weighted by Gasteiger charge is 2.31. The summed E-state index contributed by atoms with van der Waals surface area (Å²) in [5.74, 6) is -2.78. The van der Waals surface area contributed by atoms with Gasteiger partial charge in [-0.3, -0.25) is 14.4 Å². The van der Waals surface area contributed by atoms with E-state index in [0.717, 1.165) is 0 Å². The van der Waals surface area contributed by atoms with Gasteiger partial charge in [-0.05, 0) is 18.8 Å². The number of carbonyl (C=O) groups is 3. The van der Waals surface area contributed by atoms with Crippen molar-refractivity contribution in [2.45, 2.75) is 53.5 Å². The van der Waals surface area contributed by atoms with Gasteiger partial charge in [-0.2, -0.15) is 0 Å². The summed E-state index contributed by atoms with van der Waals surface area (Å²) in [6, 6.07) is -0.774. The molecule has 2 atom stereocenters. The van der Waals surface area contributed by atoms with Gasteiger partial charge in [0.05, 0.1) is 6.04 Å². The topological polar surface area (TPSA) is 109 Å². The van der Waals surface area contributed by atoms with Crippen molar-refractivity contribution < 1.29 is 19.5 Å². The first-order valence-electron chi connectivity index (χ1n) is 7.27. The van der Waals surface area contributed by atoms with Gasteiger partial charge in [-0.1, -0.05) is 34.6 Å². The molecular formula is C15H28N2O4. The second kappa shape index (κ2) is 8.12. The first-order chi connectivity index (χ1) is 9.46. The number of amides is 1. The fourth-order valence-electron chi connectivity index (χ4n) is 1.87. The molecule has 0 aromatic rings. The zero-order chi connectivity index (χ0) is 16.8. The van der Waals surface area contributed by atoms with Crippen molar-refractivity contribution in [1.29, 1.82) is 0 Å². The minimum absolute atomic E-state index is 0.0573. The second-order valence-corrected chi connectivity index (χ2v) is 6.82. The maximum absolute atomic E-state index is 12.1. The summed E-state index contributed by atoms with van der Waals surface area (Å²) in [4.78, 5) is 35.0. The van der Waals surface area contributed by atoms with Crippen LogP contribution in [-0.2, 0) is 14.4 Å². The van der Waals surface area contributed by atoms with E-state index in [0.29, 0.717) is 6.42 Å². The molecule has 0 bridgehead atoms. The van der Waals surface area contributed by atoms with E-state index >= 15 is 0 Å². The predicted octanol–water partition coefficient (Wildman–Crippen LogP) is 1.18. The van der Waals surface area contributed by atoms with Crippen molar-refractivity contribution in [3.63, 3.8) is 0 Å². The number of ketones is 1. The Morgan fingerprint density at radius 2 is 1.71 bits per heavy atom. The third-order valence-electron chi connectivity index (χ3n) is 3.13. The Morgan fingerprint density at radius 1 is 1.19 bits per heavy atom. The number of nitrogens with one attached hydrogen (secondary N) is 1. The first-order valence-corrected chi connectivity index (χ1v) is 7.27. The normalized spacial score (nSPS) is 14.6.